The molecular formula is C13H29NS. The Morgan fingerprint density at radius 3 is 1.93 bits per heavy atom. The fraction of sp³-hybridized carbons (Fsp3) is 1.00. The Morgan fingerprint density at radius 2 is 1.40 bits per heavy atom. The Bertz CT molecular complexity index is 117. The quantitative estimate of drug-likeness (QED) is 0.405. The number of hydrogen-bond donors (Lipinski definition) is 2. The maximum atomic E-state index is 5.92. The molecular weight excluding hydrogens is 202 g/mol. The van der Waals surface area contributed by atoms with Crippen LogP contribution in [-0.4, -0.2) is 11.8 Å². The van der Waals surface area contributed by atoms with E-state index in [0.29, 0.717) is 6.04 Å². The lowest BCUT2D eigenvalue weighted by atomic mass is 10.0. The van der Waals surface area contributed by atoms with E-state index in [-0.39, 0.29) is 0 Å². The molecule has 1 atom stereocenters. The van der Waals surface area contributed by atoms with E-state index in [2.05, 4.69) is 19.6 Å². The van der Waals surface area contributed by atoms with Crippen LogP contribution in [0.5, 0.6) is 0 Å². The molecule has 0 saturated heterocycles. The van der Waals surface area contributed by atoms with Crippen LogP contribution < -0.4 is 5.73 Å². The molecule has 0 aromatic carbocycles. The second-order valence-corrected chi connectivity index (χ2v) is 4.98. The van der Waals surface area contributed by atoms with Crippen LogP contribution in [0.2, 0.25) is 0 Å². The van der Waals surface area contributed by atoms with Gasteiger partial charge in [0.2, 0.25) is 0 Å². The molecule has 1 nitrogen and oxygen atoms in total. The van der Waals surface area contributed by atoms with Crippen molar-refractivity contribution in [2.45, 2.75) is 77.2 Å². The van der Waals surface area contributed by atoms with E-state index < -0.39 is 0 Å². The molecule has 2 heteroatoms. The molecule has 0 heterocycles. The highest BCUT2D eigenvalue weighted by Gasteiger charge is 2.00. The molecule has 0 aromatic heterocycles. The second kappa shape index (κ2) is 12.4. The zero-order valence-electron chi connectivity index (χ0n) is 10.4. The predicted molar refractivity (Wildman–Crippen MR) is 73.7 cm³/mol. The average Bonchev–Trinajstić information content (AvgIpc) is 2.22. The molecule has 2 N–H and O–H groups in total. The first-order chi connectivity index (χ1) is 7.31. The van der Waals surface area contributed by atoms with Gasteiger partial charge in [0, 0.05) is 6.04 Å². The zero-order chi connectivity index (χ0) is 11.4. The molecule has 0 radical (unpaired) electrons. The van der Waals surface area contributed by atoms with Crippen molar-refractivity contribution in [1.29, 1.82) is 0 Å². The Balaban J connectivity index is 2.98. The standard InChI is InChI=1S/C13H29NS/c1-2-3-4-5-6-7-8-9-10-13(14)11-12-15/h13,15H,2-12,14H2,1H3. The monoisotopic (exact) mass is 231 g/mol. The number of thiol groups is 1. The van der Waals surface area contributed by atoms with Crippen molar-refractivity contribution in [3.8, 4) is 0 Å². The first-order valence-electron chi connectivity index (χ1n) is 6.67. The summed E-state index contributed by atoms with van der Waals surface area (Å²) in [5.41, 5.74) is 5.92. The Kier molecular flexibility index (Phi) is 12.6. The van der Waals surface area contributed by atoms with E-state index in [1.165, 1.54) is 57.8 Å². The third kappa shape index (κ3) is 12.2. The minimum absolute atomic E-state index is 0.391. The van der Waals surface area contributed by atoms with Gasteiger partial charge >= 0.3 is 0 Å². The summed E-state index contributed by atoms with van der Waals surface area (Å²) in [6.45, 7) is 2.27. The van der Waals surface area contributed by atoms with Crippen LogP contribution >= 0.6 is 12.6 Å². The Hall–Kier alpha value is 0.310. The lowest BCUT2D eigenvalue weighted by Crippen LogP contribution is -2.19. The molecule has 0 saturated carbocycles. The highest BCUT2D eigenvalue weighted by atomic mass is 32.1. The van der Waals surface area contributed by atoms with Gasteiger partial charge in [-0.15, -0.1) is 0 Å². The molecule has 0 rings (SSSR count). The van der Waals surface area contributed by atoms with Gasteiger partial charge in [0.05, 0.1) is 0 Å². The summed E-state index contributed by atoms with van der Waals surface area (Å²) in [5.74, 6) is 0.929. The maximum Gasteiger partial charge on any atom is 0.00465 e. The molecule has 0 amide bonds. The summed E-state index contributed by atoms with van der Waals surface area (Å²) in [6.07, 6.45) is 13.4. The van der Waals surface area contributed by atoms with Gasteiger partial charge in [0.25, 0.3) is 0 Å². The fourth-order valence-corrected chi connectivity index (χ4v) is 2.18. The van der Waals surface area contributed by atoms with E-state index in [1.54, 1.807) is 0 Å². The van der Waals surface area contributed by atoms with Crippen LogP contribution in [0, 0.1) is 0 Å². The first kappa shape index (κ1) is 15.3. The van der Waals surface area contributed by atoms with Crippen molar-refractivity contribution in [3.05, 3.63) is 0 Å². The zero-order valence-corrected chi connectivity index (χ0v) is 11.3. The molecule has 0 aromatic rings. The van der Waals surface area contributed by atoms with Crippen LogP contribution in [0.25, 0.3) is 0 Å². The summed E-state index contributed by atoms with van der Waals surface area (Å²) in [5, 5.41) is 0. The minimum Gasteiger partial charge on any atom is -0.328 e. The van der Waals surface area contributed by atoms with Gasteiger partial charge in [-0.1, -0.05) is 58.3 Å². The van der Waals surface area contributed by atoms with Crippen molar-refractivity contribution in [2.24, 2.45) is 5.73 Å². The highest BCUT2D eigenvalue weighted by molar-refractivity contribution is 7.80. The number of hydrogen-bond acceptors (Lipinski definition) is 2. The van der Waals surface area contributed by atoms with E-state index in [0.717, 1.165) is 12.2 Å². The van der Waals surface area contributed by atoms with Crippen LogP contribution in [0.15, 0.2) is 0 Å². The smallest absolute Gasteiger partial charge is 0.00465 e. The molecule has 92 valence electrons. The number of nitrogens with two attached hydrogens (primary N) is 1. The summed E-state index contributed by atoms with van der Waals surface area (Å²) < 4.78 is 0. The molecule has 1 unspecified atom stereocenters. The molecule has 0 aliphatic rings. The Labute approximate surface area is 102 Å². The molecule has 0 aliphatic heterocycles. The molecule has 0 spiro atoms. The molecule has 0 fully saturated rings. The van der Waals surface area contributed by atoms with Gasteiger partial charge < -0.3 is 5.73 Å². The summed E-state index contributed by atoms with van der Waals surface area (Å²) in [6, 6.07) is 0.391. The van der Waals surface area contributed by atoms with Gasteiger partial charge in [-0.3, -0.25) is 0 Å². The third-order valence-electron chi connectivity index (χ3n) is 2.93. The number of rotatable bonds is 11. The average molecular weight is 231 g/mol. The lowest BCUT2D eigenvalue weighted by Gasteiger charge is -2.09. The minimum atomic E-state index is 0.391. The van der Waals surface area contributed by atoms with Gasteiger partial charge in [-0.2, -0.15) is 12.6 Å². The molecule has 0 bridgehead atoms. The SMILES string of the molecule is CCCCCCCCCCC(N)CCS. The van der Waals surface area contributed by atoms with Crippen LogP contribution in [0.3, 0.4) is 0 Å². The van der Waals surface area contributed by atoms with Gasteiger partial charge in [0.1, 0.15) is 0 Å². The van der Waals surface area contributed by atoms with Crippen molar-refractivity contribution < 1.29 is 0 Å². The van der Waals surface area contributed by atoms with Crippen LogP contribution in [-0.2, 0) is 0 Å². The van der Waals surface area contributed by atoms with E-state index in [4.69, 9.17) is 5.73 Å². The maximum absolute atomic E-state index is 5.92. The van der Waals surface area contributed by atoms with Crippen LogP contribution in [0.1, 0.15) is 71.1 Å². The van der Waals surface area contributed by atoms with Gasteiger partial charge in [-0.05, 0) is 18.6 Å². The topological polar surface area (TPSA) is 26.0 Å². The largest absolute Gasteiger partial charge is 0.328 e. The van der Waals surface area contributed by atoms with Crippen molar-refractivity contribution in [3.63, 3.8) is 0 Å². The first-order valence-corrected chi connectivity index (χ1v) is 7.31. The summed E-state index contributed by atoms with van der Waals surface area (Å²) in [7, 11) is 0. The van der Waals surface area contributed by atoms with E-state index in [9.17, 15) is 0 Å². The van der Waals surface area contributed by atoms with E-state index >= 15 is 0 Å². The summed E-state index contributed by atoms with van der Waals surface area (Å²) >= 11 is 4.19. The summed E-state index contributed by atoms with van der Waals surface area (Å²) in [4.78, 5) is 0. The molecule has 15 heavy (non-hydrogen) atoms. The lowest BCUT2D eigenvalue weighted by molar-refractivity contribution is 0.521. The Morgan fingerprint density at radius 1 is 0.867 bits per heavy atom. The normalized spacial score (nSPS) is 13.0. The van der Waals surface area contributed by atoms with Crippen molar-refractivity contribution >= 4 is 12.6 Å². The number of unbranched alkanes of at least 4 members (excludes halogenated alkanes) is 7. The molecule has 0 aliphatic carbocycles. The fourth-order valence-electron chi connectivity index (χ4n) is 1.85. The van der Waals surface area contributed by atoms with E-state index in [1.807, 2.05) is 0 Å². The predicted octanol–water partition coefficient (Wildman–Crippen LogP) is 4.16. The van der Waals surface area contributed by atoms with Crippen molar-refractivity contribution in [1.82, 2.24) is 0 Å². The van der Waals surface area contributed by atoms with Gasteiger partial charge in [0.15, 0.2) is 0 Å². The van der Waals surface area contributed by atoms with Gasteiger partial charge in [-0.25, -0.2) is 0 Å². The highest BCUT2D eigenvalue weighted by Crippen LogP contribution is 2.11. The third-order valence-corrected chi connectivity index (χ3v) is 3.19. The van der Waals surface area contributed by atoms with Crippen molar-refractivity contribution in [2.75, 3.05) is 5.75 Å². The van der Waals surface area contributed by atoms with Crippen LogP contribution in [0.4, 0.5) is 0 Å². The second-order valence-electron chi connectivity index (χ2n) is 4.54.